The summed E-state index contributed by atoms with van der Waals surface area (Å²) in [5.41, 5.74) is 10.6. The molecule has 0 radical (unpaired) electrons. The van der Waals surface area contributed by atoms with Gasteiger partial charge in [0.25, 0.3) is 0 Å². The first-order chi connectivity index (χ1) is 15.3. The Balaban J connectivity index is 2.98. The molecule has 0 saturated heterocycles. The molecule has 0 bridgehead atoms. The van der Waals surface area contributed by atoms with Crippen molar-refractivity contribution in [3.63, 3.8) is 0 Å². The molecule has 0 saturated carbocycles. The van der Waals surface area contributed by atoms with Crippen molar-refractivity contribution in [3.8, 4) is 0 Å². The van der Waals surface area contributed by atoms with Crippen LogP contribution in [0.2, 0.25) is 0 Å². The van der Waals surface area contributed by atoms with Gasteiger partial charge in [-0.3, -0.25) is 0 Å². The molecule has 2 aromatic rings. The molecular weight excluding hydrogens is 420 g/mol. The van der Waals surface area contributed by atoms with Crippen LogP contribution in [-0.2, 0) is 32.5 Å². The van der Waals surface area contributed by atoms with Crippen LogP contribution in [0.1, 0.15) is 157 Å². The van der Waals surface area contributed by atoms with Crippen molar-refractivity contribution in [2.75, 3.05) is 0 Å². The van der Waals surface area contributed by atoms with Crippen molar-refractivity contribution in [3.05, 3.63) is 69.3 Å². The molecule has 0 aromatic heterocycles. The van der Waals surface area contributed by atoms with E-state index in [0.717, 1.165) is 0 Å². The van der Waals surface area contributed by atoms with E-state index in [-0.39, 0.29) is 32.5 Å². The van der Waals surface area contributed by atoms with Gasteiger partial charge in [0.1, 0.15) is 0 Å². The van der Waals surface area contributed by atoms with E-state index in [4.69, 9.17) is 0 Å². The van der Waals surface area contributed by atoms with Crippen molar-refractivity contribution in [2.45, 2.75) is 150 Å². The molecule has 2 aromatic carbocycles. The lowest BCUT2D eigenvalue weighted by Gasteiger charge is -2.39. The van der Waals surface area contributed by atoms with E-state index in [2.05, 4.69) is 148 Å². The molecular formula is C35H56. The first-order valence-corrected chi connectivity index (χ1v) is 13.6. The number of hydrogen-bond donors (Lipinski definition) is 0. The fraction of sp³-hybridized carbons (Fsp3) is 0.657. The summed E-state index contributed by atoms with van der Waals surface area (Å²) >= 11 is 0. The monoisotopic (exact) mass is 476 g/mol. The van der Waals surface area contributed by atoms with Crippen molar-refractivity contribution < 1.29 is 0 Å². The Morgan fingerprint density at radius 2 is 0.600 bits per heavy atom. The zero-order valence-corrected chi connectivity index (χ0v) is 26.4. The van der Waals surface area contributed by atoms with Gasteiger partial charge >= 0.3 is 0 Å². The number of hydrogen-bond acceptors (Lipinski definition) is 0. The molecule has 196 valence electrons. The molecule has 0 unspecified atom stereocenters. The Kier molecular flexibility index (Phi) is 7.44. The van der Waals surface area contributed by atoms with Gasteiger partial charge < -0.3 is 0 Å². The summed E-state index contributed by atoms with van der Waals surface area (Å²) < 4.78 is 0. The average molecular weight is 477 g/mol. The van der Waals surface area contributed by atoms with Gasteiger partial charge in [-0.15, -0.1) is 0 Å². The molecule has 0 N–H and O–H groups in total. The van der Waals surface area contributed by atoms with E-state index in [9.17, 15) is 0 Å². The molecule has 0 aliphatic rings. The third kappa shape index (κ3) is 6.23. The maximum Gasteiger partial charge on any atom is 0.0149 e. The predicted octanol–water partition coefficient (Wildman–Crippen LogP) is 10.5. The van der Waals surface area contributed by atoms with Crippen LogP contribution in [0.25, 0.3) is 0 Å². The van der Waals surface area contributed by atoms with Crippen molar-refractivity contribution in [1.29, 1.82) is 0 Å². The van der Waals surface area contributed by atoms with Gasteiger partial charge in [-0.2, -0.15) is 0 Å². The Labute approximate surface area is 219 Å². The van der Waals surface area contributed by atoms with Crippen LogP contribution in [0.3, 0.4) is 0 Å². The number of rotatable bonds is 2. The van der Waals surface area contributed by atoms with Crippen LogP contribution >= 0.6 is 0 Å². The minimum absolute atomic E-state index is 0.0568. The topological polar surface area (TPSA) is 0 Å². The summed E-state index contributed by atoms with van der Waals surface area (Å²) in [6.07, 6.45) is 0. The summed E-state index contributed by atoms with van der Waals surface area (Å²) in [5.74, 6) is 0. The predicted molar refractivity (Wildman–Crippen MR) is 159 cm³/mol. The second-order valence-electron chi connectivity index (χ2n) is 16.6. The highest BCUT2D eigenvalue weighted by molar-refractivity contribution is 5.54. The minimum Gasteiger partial charge on any atom is -0.0579 e. The fourth-order valence-corrected chi connectivity index (χ4v) is 5.34. The zero-order valence-electron chi connectivity index (χ0n) is 26.4. The van der Waals surface area contributed by atoms with Crippen LogP contribution in [0, 0.1) is 0 Å². The van der Waals surface area contributed by atoms with Crippen LogP contribution in [-0.4, -0.2) is 0 Å². The van der Waals surface area contributed by atoms with Crippen LogP contribution in [0.4, 0.5) is 0 Å². The van der Waals surface area contributed by atoms with Crippen molar-refractivity contribution in [1.82, 2.24) is 0 Å². The molecule has 0 spiro atoms. The average Bonchev–Trinajstić information content (AvgIpc) is 2.62. The highest BCUT2D eigenvalue weighted by Crippen LogP contribution is 2.46. The molecule has 0 amide bonds. The third-order valence-corrected chi connectivity index (χ3v) is 7.61. The second-order valence-corrected chi connectivity index (χ2v) is 16.6. The smallest absolute Gasteiger partial charge is 0.0149 e. The lowest BCUT2D eigenvalue weighted by Crippen LogP contribution is -2.31. The van der Waals surface area contributed by atoms with E-state index >= 15 is 0 Å². The lowest BCUT2D eigenvalue weighted by atomic mass is 9.65. The van der Waals surface area contributed by atoms with E-state index in [1.54, 1.807) is 0 Å². The Morgan fingerprint density at radius 3 is 0.943 bits per heavy atom. The summed E-state index contributed by atoms with van der Waals surface area (Å²) in [7, 11) is 0. The maximum absolute atomic E-state index is 2.57. The zero-order chi connectivity index (χ0) is 27.6. The van der Waals surface area contributed by atoms with E-state index < -0.39 is 0 Å². The SMILES string of the molecule is CC(C)(C)c1ccc(C(C)(C)c2cc(C(C)(C)C)c(C(C)(C)C)cc2C(C)(C)C)cc1C(C)(C)C. The van der Waals surface area contributed by atoms with Gasteiger partial charge in [-0.05, 0) is 66.0 Å². The normalized spacial score (nSPS) is 14.4. The molecule has 2 rings (SSSR count). The van der Waals surface area contributed by atoms with Gasteiger partial charge in [0.2, 0.25) is 0 Å². The largest absolute Gasteiger partial charge is 0.0579 e. The molecule has 35 heavy (non-hydrogen) atoms. The lowest BCUT2D eigenvalue weighted by molar-refractivity contribution is 0.506. The quantitative estimate of drug-likeness (QED) is 0.404. The van der Waals surface area contributed by atoms with Crippen LogP contribution < -0.4 is 0 Å². The van der Waals surface area contributed by atoms with E-state index in [1.165, 1.54) is 38.9 Å². The Morgan fingerprint density at radius 1 is 0.314 bits per heavy atom. The summed E-state index contributed by atoms with van der Waals surface area (Å²) in [4.78, 5) is 0. The van der Waals surface area contributed by atoms with Gasteiger partial charge in [-0.25, -0.2) is 0 Å². The minimum atomic E-state index is -0.116. The first-order valence-electron chi connectivity index (χ1n) is 13.6. The van der Waals surface area contributed by atoms with E-state index in [0.29, 0.717) is 0 Å². The molecule has 0 aliphatic heterocycles. The summed E-state index contributed by atoms with van der Waals surface area (Å²) in [6, 6.07) is 12.4. The first kappa shape index (κ1) is 29.7. The maximum atomic E-state index is 2.57. The summed E-state index contributed by atoms with van der Waals surface area (Å²) in [5, 5.41) is 0. The van der Waals surface area contributed by atoms with Gasteiger partial charge in [0.15, 0.2) is 0 Å². The molecule has 0 nitrogen and oxygen atoms in total. The van der Waals surface area contributed by atoms with Crippen molar-refractivity contribution >= 4 is 0 Å². The van der Waals surface area contributed by atoms with Crippen molar-refractivity contribution in [2.24, 2.45) is 0 Å². The van der Waals surface area contributed by atoms with Gasteiger partial charge in [0.05, 0.1) is 0 Å². The number of benzene rings is 2. The third-order valence-electron chi connectivity index (χ3n) is 7.61. The van der Waals surface area contributed by atoms with Crippen LogP contribution in [0.5, 0.6) is 0 Å². The highest BCUT2D eigenvalue weighted by Gasteiger charge is 2.36. The van der Waals surface area contributed by atoms with E-state index in [1.807, 2.05) is 0 Å². The van der Waals surface area contributed by atoms with Gasteiger partial charge in [0, 0.05) is 5.41 Å². The molecule has 0 aliphatic carbocycles. The molecule has 0 heteroatoms. The standard InChI is InChI=1S/C35H56/c1-30(2,3)24-19-18-23(20-25(24)31(4,5)6)35(16,17)29-22-27(33(10,11)12)26(32(7,8)9)21-28(29)34(13,14)15/h18-22H,1-17H3. The van der Waals surface area contributed by atoms with Crippen LogP contribution in [0.15, 0.2) is 30.3 Å². The molecule has 0 fully saturated rings. The van der Waals surface area contributed by atoms with Gasteiger partial charge in [-0.1, -0.05) is 148 Å². The Hall–Kier alpha value is -1.56. The fourth-order valence-electron chi connectivity index (χ4n) is 5.34. The highest BCUT2D eigenvalue weighted by atomic mass is 14.4. The Bertz CT molecular complexity index is 1060. The summed E-state index contributed by atoms with van der Waals surface area (Å²) in [6.45, 7) is 40.2. The molecule has 0 heterocycles. The second kappa shape index (κ2) is 8.78. The molecule has 0 atom stereocenters.